The monoisotopic (exact) mass is 270 g/mol. The zero-order chi connectivity index (χ0) is 14.7. The van der Waals surface area contributed by atoms with Crippen molar-refractivity contribution in [2.24, 2.45) is 0 Å². The van der Waals surface area contributed by atoms with Gasteiger partial charge in [0.1, 0.15) is 11.6 Å². The molecule has 0 aromatic carbocycles. The number of methoxy groups -OCH3 is 2. The highest BCUT2D eigenvalue weighted by molar-refractivity contribution is 5.69. The second-order valence-corrected chi connectivity index (χ2v) is 5.59. The molecule has 0 aromatic heterocycles. The van der Waals surface area contributed by atoms with Crippen molar-refractivity contribution in [1.82, 2.24) is 4.90 Å². The fourth-order valence-corrected chi connectivity index (χ4v) is 2.06. The topological polar surface area (TPSA) is 71.8 Å². The van der Waals surface area contributed by atoms with Gasteiger partial charge in [0, 0.05) is 33.6 Å². The van der Waals surface area contributed by atoms with Crippen LogP contribution < -0.4 is 0 Å². The van der Waals surface area contributed by atoms with E-state index < -0.39 is 23.5 Å². The number of rotatable bonds is 2. The van der Waals surface area contributed by atoms with E-state index in [9.17, 15) is 10.1 Å². The summed E-state index contributed by atoms with van der Waals surface area (Å²) in [7, 11) is 3.09. The molecule has 0 N–H and O–H groups in total. The molecule has 1 rings (SSSR count). The van der Waals surface area contributed by atoms with E-state index in [-0.39, 0.29) is 0 Å². The largest absolute Gasteiger partial charge is 0.444 e. The maximum Gasteiger partial charge on any atom is 0.411 e. The smallest absolute Gasteiger partial charge is 0.411 e. The Morgan fingerprint density at radius 2 is 1.95 bits per heavy atom. The fourth-order valence-electron chi connectivity index (χ4n) is 2.06. The number of ether oxygens (including phenoxy) is 3. The van der Waals surface area contributed by atoms with Gasteiger partial charge in [0.15, 0.2) is 5.79 Å². The van der Waals surface area contributed by atoms with Gasteiger partial charge in [-0.3, -0.25) is 4.90 Å². The molecule has 1 heterocycles. The van der Waals surface area contributed by atoms with Crippen molar-refractivity contribution in [3.05, 3.63) is 0 Å². The molecule has 1 unspecified atom stereocenters. The Kier molecular flexibility index (Phi) is 4.77. The predicted octanol–water partition coefficient (Wildman–Crippen LogP) is 1.90. The van der Waals surface area contributed by atoms with E-state index in [0.29, 0.717) is 19.4 Å². The summed E-state index contributed by atoms with van der Waals surface area (Å²) >= 11 is 0. The van der Waals surface area contributed by atoms with Crippen LogP contribution >= 0.6 is 0 Å². The second-order valence-electron chi connectivity index (χ2n) is 5.59. The number of piperidine rings is 1. The van der Waals surface area contributed by atoms with Crippen LogP contribution in [0.15, 0.2) is 0 Å². The van der Waals surface area contributed by atoms with Gasteiger partial charge in [-0.05, 0) is 20.8 Å². The third-order valence-electron chi connectivity index (χ3n) is 3.14. The molecule has 0 bridgehead atoms. The Hall–Kier alpha value is -1.32. The molecule has 19 heavy (non-hydrogen) atoms. The maximum absolute atomic E-state index is 12.0. The van der Waals surface area contributed by atoms with Crippen molar-refractivity contribution in [3.8, 4) is 6.07 Å². The molecule has 1 amide bonds. The first kappa shape index (κ1) is 15.7. The van der Waals surface area contributed by atoms with E-state index >= 15 is 0 Å². The lowest BCUT2D eigenvalue weighted by Gasteiger charge is -2.42. The second kappa shape index (κ2) is 5.76. The van der Waals surface area contributed by atoms with Crippen molar-refractivity contribution in [2.75, 3.05) is 20.8 Å². The summed E-state index contributed by atoms with van der Waals surface area (Å²) in [5.74, 6) is -0.793. The van der Waals surface area contributed by atoms with Gasteiger partial charge in [0.2, 0.25) is 0 Å². The highest BCUT2D eigenvalue weighted by Crippen LogP contribution is 2.31. The highest BCUT2D eigenvalue weighted by Gasteiger charge is 2.43. The minimum absolute atomic E-state index is 0.315. The summed E-state index contributed by atoms with van der Waals surface area (Å²) in [4.78, 5) is 13.5. The predicted molar refractivity (Wildman–Crippen MR) is 68.3 cm³/mol. The molecular formula is C13H22N2O4. The number of amides is 1. The van der Waals surface area contributed by atoms with Crippen LogP contribution in [0.3, 0.4) is 0 Å². The van der Waals surface area contributed by atoms with Gasteiger partial charge in [-0.15, -0.1) is 0 Å². The lowest BCUT2D eigenvalue weighted by molar-refractivity contribution is -0.232. The Balaban J connectivity index is 2.78. The Bertz CT molecular complexity index is 366. The number of nitriles is 1. The SMILES string of the molecule is COC1(OC)CCN(C(=O)OC(C)(C)C)C(C#N)C1. The summed E-state index contributed by atoms with van der Waals surface area (Å²) in [6.07, 6.45) is 0.354. The molecule has 0 saturated carbocycles. The molecule has 0 aliphatic carbocycles. The third-order valence-corrected chi connectivity index (χ3v) is 3.14. The van der Waals surface area contributed by atoms with E-state index in [1.54, 1.807) is 35.0 Å². The van der Waals surface area contributed by atoms with Crippen LogP contribution in [0.25, 0.3) is 0 Å². The van der Waals surface area contributed by atoms with Gasteiger partial charge in [0.05, 0.1) is 6.07 Å². The van der Waals surface area contributed by atoms with Crippen LogP contribution in [-0.2, 0) is 14.2 Å². The molecule has 6 heteroatoms. The zero-order valence-corrected chi connectivity index (χ0v) is 12.2. The van der Waals surface area contributed by atoms with Gasteiger partial charge < -0.3 is 14.2 Å². The van der Waals surface area contributed by atoms with Crippen molar-refractivity contribution < 1.29 is 19.0 Å². The molecular weight excluding hydrogens is 248 g/mol. The average Bonchev–Trinajstić information content (AvgIpc) is 2.35. The van der Waals surface area contributed by atoms with Crippen molar-refractivity contribution in [3.63, 3.8) is 0 Å². The maximum atomic E-state index is 12.0. The van der Waals surface area contributed by atoms with E-state index in [1.165, 1.54) is 4.90 Å². The third kappa shape index (κ3) is 3.82. The Morgan fingerprint density at radius 1 is 1.37 bits per heavy atom. The van der Waals surface area contributed by atoms with Crippen LogP contribution in [0.1, 0.15) is 33.6 Å². The molecule has 0 aromatic rings. The highest BCUT2D eigenvalue weighted by atomic mass is 16.7. The number of carbonyl (C=O) groups excluding carboxylic acids is 1. The Morgan fingerprint density at radius 3 is 2.37 bits per heavy atom. The van der Waals surface area contributed by atoms with E-state index in [4.69, 9.17) is 14.2 Å². The minimum atomic E-state index is -0.793. The van der Waals surface area contributed by atoms with Crippen molar-refractivity contribution in [1.29, 1.82) is 5.26 Å². The quantitative estimate of drug-likeness (QED) is 0.717. The summed E-state index contributed by atoms with van der Waals surface area (Å²) in [6.45, 7) is 5.76. The van der Waals surface area contributed by atoms with Crippen LogP contribution in [0.5, 0.6) is 0 Å². The van der Waals surface area contributed by atoms with Gasteiger partial charge >= 0.3 is 6.09 Å². The lowest BCUT2D eigenvalue weighted by Crippen LogP contribution is -2.54. The van der Waals surface area contributed by atoms with E-state index in [2.05, 4.69) is 6.07 Å². The molecule has 0 radical (unpaired) electrons. The molecule has 108 valence electrons. The first-order chi connectivity index (χ1) is 8.77. The number of likely N-dealkylation sites (tertiary alicyclic amines) is 1. The standard InChI is InChI=1S/C13H22N2O4/c1-12(2,3)19-11(16)15-7-6-13(17-4,18-5)8-10(15)9-14/h10H,6-8H2,1-5H3. The van der Waals surface area contributed by atoms with Gasteiger partial charge in [-0.25, -0.2) is 4.79 Å². The average molecular weight is 270 g/mol. The molecule has 1 saturated heterocycles. The summed E-state index contributed by atoms with van der Waals surface area (Å²) in [5, 5.41) is 9.22. The molecule has 1 aliphatic heterocycles. The number of hydrogen-bond acceptors (Lipinski definition) is 5. The van der Waals surface area contributed by atoms with Crippen LogP contribution in [0.4, 0.5) is 4.79 Å². The van der Waals surface area contributed by atoms with Crippen molar-refractivity contribution in [2.45, 2.75) is 51.0 Å². The molecule has 1 atom stereocenters. The first-order valence-corrected chi connectivity index (χ1v) is 6.26. The summed E-state index contributed by atoms with van der Waals surface area (Å²) < 4.78 is 16.0. The normalized spacial score (nSPS) is 22.7. The molecule has 0 spiro atoms. The summed E-state index contributed by atoms with van der Waals surface area (Å²) in [5.41, 5.74) is -0.575. The first-order valence-electron chi connectivity index (χ1n) is 6.26. The van der Waals surface area contributed by atoms with E-state index in [1.807, 2.05) is 0 Å². The zero-order valence-electron chi connectivity index (χ0n) is 12.2. The van der Waals surface area contributed by atoms with E-state index in [0.717, 1.165) is 0 Å². The number of hydrogen-bond donors (Lipinski definition) is 0. The minimum Gasteiger partial charge on any atom is -0.444 e. The van der Waals surface area contributed by atoms with Crippen LogP contribution in [0.2, 0.25) is 0 Å². The fraction of sp³-hybridized carbons (Fsp3) is 0.846. The molecule has 6 nitrogen and oxygen atoms in total. The van der Waals surface area contributed by atoms with Gasteiger partial charge in [-0.1, -0.05) is 0 Å². The van der Waals surface area contributed by atoms with Crippen molar-refractivity contribution >= 4 is 6.09 Å². The van der Waals surface area contributed by atoms with Gasteiger partial charge in [-0.2, -0.15) is 5.26 Å². The molecule has 1 fully saturated rings. The lowest BCUT2D eigenvalue weighted by atomic mass is 9.97. The molecule has 1 aliphatic rings. The van der Waals surface area contributed by atoms with Gasteiger partial charge in [0.25, 0.3) is 0 Å². The number of carbonyl (C=O) groups is 1. The van der Waals surface area contributed by atoms with Crippen LogP contribution in [0, 0.1) is 11.3 Å². The summed E-state index contributed by atoms with van der Waals surface area (Å²) in [6, 6.07) is 1.50. The Labute approximate surface area is 114 Å². The van der Waals surface area contributed by atoms with Crippen LogP contribution in [-0.4, -0.2) is 49.2 Å². The number of nitrogens with zero attached hydrogens (tertiary/aromatic N) is 2.